The lowest BCUT2D eigenvalue weighted by Gasteiger charge is -2.21. The minimum Gasteiger partial charge on any atom is -0.370 e. The Bertz CT molecular complexity index is 595. The predicted octanol–water partition coefficient (Wildman–Crippen LogP) is 4.18. The van der Waals surface area contributed by atoms with Crippen LogP contribution in [0.4, 0.5) is 5.69 Å². The first kappa shape index (κ1) is 13.6. The number of benzene rings is 2. The van der Waals surface area contributed by atoms with Gasteiger partial charge in [0.25, 0.3) is 0 Å². The van der Waals surface area contributed by atoms with Gasteiger partial charge in [0, 0.05) is 29.9 Å². The molecule has 0 atom stereocenters. The quantitative estimate of drug-likeness (QED) is 0.779. The van der Waals surface area contributed by atoms with Gasteiger partial charge in [-0.1, -0.05) is 35.9 Å². The fraction of sp³-hybridized carbons (Fsp3) is 0.188. The molecule has 0 aliphatic heterocycles. The number of anilines is 1. The minimum absolute atomic E-state index is 0.0774. The SMILES string of the molecule is CC(=O)c1ccccc1N(C)Cc1cccc(Cl)c1. The molecule has 2 nitrogen and oxygen atoms in total. The second-order valence-electron chi connectivity index (χ2n) is 4.56. The van der Waals surface area contributed by atoms with Crippen molar-refractivity contribution in [3.05, 3.63) is 64.7 Å². The van der Waals surface area contributed by atoms with Gasteiger partial charge in [-0.3, -0.25) is 4.79 Å². The van der Waals surface area contributed by atoms with E-state index in [1.807, 2.05) is 55.6 Å². The maximum absolute atomic E-state index is 11.6. The van der Waals surface area contributed by atoms with Crippen LogP contribution in [-0.2, 0) is 6.54 Å². The summed E-state index contributed by atoms with van der Waals surface area (Å²) in [6.07, 6.45) is 0. The number of hydrogen-bond donors (Lipinski definition) is 0. The number of halogens is 1. The molecule has 0 N–H and O–H groups in total. The number of para-hydroxylation sites is 1. The number of Topliss-reactive ketones (excluding diaryl/α,β-unsaturated/α-hetero) is 1. The molecule has 0 saturated heterocycles. The average molecular weight is 274 g/mol. The molecule has 0 fully saturated rings. The Balaban J connectivity index is 2.25. The molecule has 0 bridgehead atoms. The fourth-order valence-corrected chi connectivity index (χ4v) is 2.31. The van der Waals surface area contributed by atoms with Crippen LogP contribution in [0.2, 0.25) is 5.02 Å². The summed E-state index contributed by atoms with van der Waals surface area (Å²) in [5.41, 5.74) is 2.80. The van der Waals surface area contributed by atoms with Crippen molar-refractivity contribution in [1.29, 1.82) is 0 Å². The van der Waals surface area contributed by atoms with Crippen LogP contribution in [0.5, 0.6) is 0 Å². The van der Waals surface area contributed by atoms with Crippen LogP contribution in [0.25, 0.3) is 0 Å². The first-order chi connectivity index (χ1) is 9.08. The van der Waals surface area contributed by atoms with Gasteiger partial charge in [0.05, 0.1) is 0 Å². The van der Waals surface area contributed by atoms with Crippen molar-refractivity contribution in [2.75, 3.05) is 11.9 Å². The maximum Gasteiger partial charge on any atom is 0.161 e. The van der Waals surface area contributed by atoms with Gasteiger partial charge >= 0.3 is 0 Å². The summed E-state index contributed by atoms with van der Waals surface area (Å²) in [5.74, 6) is 0.0774. The average Bonchev–Trinajstić information content (AvgIpc) is 2.38. The molecule has 98 valence electrons. The van der Waals surface area contributed by atoms with E-state index in [1.54, 1.807) is 6.92 Å². The summed E-state index contributed by atoms with van der Waals surface area (Å²) in [4.78, 5) is 13.7. The second-order valence-corrected chi connectivity index (χ2v) is 5.00. The monoisotopic (exact) mass is 273 g/mol. The Kier molecular flexibility index (Phi) is 4.23. The molecule has 0 aliphatic carbocycles. The van der Waals surface area contributed by atoms with Gasteiger partial charge in [0.2, 0.25) is 0 Å². The summed E-state index contributed by atoms with van der Waals surface area (Å²) >= 11 is 5.98. The van der Waals surface area contributed by atoms with Crippen molar-refractivity contribution in [3.63, 3.8) is 0 Å². The molecule has 2 rings (SSSR count). The van der Waals surface area contributed by atoms with E-state index in [-0.39, 0.29) is 5.78 Å². The van der Waals surface area contributed by atoms with Crippen LogP contribution in [0.3, 0.4) is 0 Å². The molecule has 2 aromatic carbocycles. The van der Waals surface area contributed by atoms with E-state index in [0.29, 0.717) is 6.54 Å². The molecule has 3 heteroatoms. The van der Waals surface area contributed by atoms with Gasteiger partial charge in [-0.05, 0) is 36.8 Å². The standard InChI is InChI=1S/C16H16ClNO/c1-12(19)15-8-3-4-9-16(15)18(2)11-13-6-5-7-14(17)10-13/h3-10H,11H2,1-2H3. The highest BCUT2D eigenvalue weighted by Crippen LogP contribution is 2.22. The van der Waals surface area contributed by atoms with Gasteiger partial charge in [-0.2, -0.15) is 0 Å². The molecule has 0 heterocycles. The van der Waals surface area contributed by atoms with Crippen LogP contribution in [0.15, 0.2) is 48.5 Å². The smallest absolute Gasteiger partial charge is 0.161 e. The van der Waals surface area contributed by atoms with Crippen molar-refractivity contribution in [1.82, 2.24) is 0 Å². The first-order valence-corrected chi connectivity index (χ1v) is 6.51. The van der Waals surface area contributed by atoms with Gasteiger partial charge in [0.1, 0.15) is 0 Å². The van der Waals surface area contributed by atoms with E-state index < -0.39 is 0 Å². The molecule has 0 spiro atoms. The third kappa shape index (κ3) is 3.36. The zero-order valence-corrected chi connectivity index (χ0v) is 11.8. The molecule has 0 amide bonds. The topological polar surface area (TPSA) is 20.3 Å². The third-order valence-electron chi connectivity index (χ3n) is 3.00. The molecule has 0 aromatic heterocycles. The van der Waals surface area contributed by atoms with Crippen molar-refractivity contribution in [2.45, 2.75) is 13.5 Å². The molecule has 19 heavy (non-hydrogen) atoms. The molecular weight excluding hydrogens is 258 g/mol. The summed E-state index contributed by atoms with van der Waals surface area (Å²) in [7, 11) is 1.97. The molecule has 2 aromatic rings. The zero-order valence-electron chi connectivity index (χ0n) is 11.1. The second kappa shape index (κ2) is 5.89. The molecular formula is C16H16ClNO. The highest BCUT2D eigenvalue weighted by Gasteiger charge is 2.10. The van der Waals surface area contributed by atoms with E-state index in [9.17, 15) is 4.79 Å². The Morgan fingerprint density at radius 3 is 2.58 bits per heavy atom. The molecule has 0 saturated carbocycles. The number of carbonyl (C=O) groups is 1. The number of hydrogen-bond acceptors (Lipinski definition) is 2. The normalized spacial score (nSPS) is 10.3. The van der Waals surface area contributed by atoms with Gasteiger partial charge in [-0.25, -0.2) is 0 Å². The van der Waals surface area contributed by atoms with Crippen molar-refractivity contribution in [3.8, 4) is 0 Å². The van der Waals surface area contributed by atoms with Crippen LogP contribution in [0.1, 0.15) is 22.8 Å². The van der Waals surface area contributed by atoms with Gasteiger partial charge in [0.15, 0.2) is 5.78 Å². The van der Waals surface area contributed by atoms with Crippen LogP contribution in [0, 0.1) is 0 Å². The fourth-order valence-electron chi connectivity index (χ4n) is 2.10. The first-order valence-electron chi connectivity index (χ1n) is 6.13. The van der Waals surface area contributed by atoms with E-state index >= 15 is 0 Å². The molecule has 0 aliphatic rings. The lowest BCUT2D eigenvalue weighted by Crippen LogP contribution is -2.18. The van der Waals surface area contributed by atoms with Crippen molar-refractivity contribution < 1.29 is 4.79 Å². The van der Waals surface area contributed by atoms with Crippen molar-refractivity contribution >= 4 is 23.1 Å². The van der Waals surface area contributed by atoms with E-state index in [1.165, 1.54) is 0 Å². The number of ketones is 1. The maximum atomic E-state index is 11.6. The predicted molar refractivity (Wildman–Crippen MR) is 80.0 cm³/mol. The summed E-state index contributed by atoms with van der Waals surface area (Å²) in [5, 5.41) is 0.728. The molecule has 0 radical (unpaired) electrons. The van der Waals surface area contributed by atoms with E-state index in [2.05, 4.69) is 4.90 Å². The van der Waals surface area contributed by atoms with Crippen LogP contribution in [-0.4, -0.2) is 12.8 Å². The number of carbonyl (C=O) groups excluding carboxylic acids is 1. The number of rotatable bonds is 4. The Morgan fingerprint density at radius 1 is 1.16 bits per heavy atom. The largest absolute Gasteiger partial charge is 0.370 e. The van der Waals surface area contributed by atoms with E-state index in [0.717, 1.165) is 21.8 Å². The minimum atomic E-state index is 0.0774. The Labute approximate surface area is 118 Å². The van der Waals surface area contributed by atoms with Crippen LogP contribution < -0.4 is 4.90 Å². The summed E-state index contributed by atoms with van der Waals surface area (Å²) < 4.78 is 0. The third-order valence-corrected chi connectivity index (χ3v) is 3.24. The summed E-state index contributed by atoms with van der Waals surface area (Å²) in [6.45, 7) is 2.30. The number of nitrogens with zero attached hydrogens (tertiary/aromatic N) is 1. The van der Waals surface area contributed by atoms with Crippen molar-refractivity contribution in [2.24, 2.45) is 0 Å². The summed E-state index contributed by atoms with van der Waals surface area (Å²) in [6, 6.07) is 15.4. The van der Waals surface area contributed by atoms with Gasteiger partial charge < -0.3 is 4.90 Å². The lowest BCUT2D eigenvalue weighted by molar-refractivity contribution is 0.101. The van der Waals surface area contributed by atoms with E-state index in [4.69, 9.17) is 11.6 Å². The van der Waals surface area contributed by atoms with Gasteiger partial charge in [-0.15, -0.1) is 0 Å². The molecule has 0 unspecified atom stereocenters. The lowest BCUT2D eigenvalue weighted by atomic mass is 10.1. The Morgan fingerprint density at radius 2 is 1.89 bits per heavy atom. The van der Waals surface area contributed by atoms with Crippen LogP contribution >= 0.6 is 11.6 Å². The Hall–Kier alpha value is -1.80. The zero-order chi connectivity index (χ0) is 13.8. The highest BCUT2D eigenvalue weighted by molar-refractivity contribution is 6.30. The highest BCUT2D eigenvalue weighted by atomic mass is 35.5.